The molecule has 0 bridgehead atoms. The number of halogens is 1. The molecule has 3 aliphatic carbocycles. The molecule has 3 aromatic rings. The molecule has 0 amide bonds. The van der Waals surface area contributed by atoms with Gasteiger partial charge in [0.05, 0.1) is 10.6 Å². The predicted octanol–water partition coefficient (Wildman–Crippen LogP) is 3.01. The molecule has 0 fully saturated rings. The molecule has 0 radical (unpaired) electrons. The van der Waals surface area contributed by atoms with Crippen molar-refractivity contribution in [1.82, 2.24) is 0 Å². The number of benzene rings is 3. The summed E-state index contributed by atoms with van der Waals surface area (Å²) in [6.45, 7) is 0. The number of hydrogen-bond donors (Lipinski definition) is 2. The first kappa shape index (κ1) is 20.0. The number of nitrogens with one attached hydrogen (secondary N) is 2. The summed E-state index contributed by atoms with van der Waals surface area (Å²) in [6, 6.07) is 14.4. The van der Waals surface area contributed by atoms with E-state index in [2.05, 4.69) is 10.3 Å². The van der Waals surface area contributed by atoms with E-state index in [1.54, 1.807) is 66.7 Å². The molecule has 1 atom stereocenters. The Balaban J connectivity index is 1.41. The summed E-state index contributed by atoms with van der Waals surface area (Å²) in [5.74, 6) is -1.06. The fourth-order valence-corrected chi connectivity index (χ4v) is 5.64. The van der Waals surface area contributed by atoms with E-state index in [0.717, 1.165) is 0 Å². The third-order valence-electron chi connectivity index (χ3n) is 6.94. The van der Waals surface area contributed by atoms with E-state index in [1.165, 1.54) is 0 Å². The molecule has 6 nitrogen and oxygen atoms in total. The van der Waals surface area contributed by atoms with Gasteiger partial charge in [-0.25, -0.2) is 4.99 Å². The summed E-state index contributed by atoms with van der Waals surface area (Å²) in [4.78, 5) is 56.6. The van der Waals surface area contributed by atoms with Crippen molar-refractivity contribution in [3.63, 3.8) is 0 Å². The number of carbonyl (C=O) groups is 4. The molecule has 4 aliphatic rings. The van der Waals surface area contributed by atoms with Crippen LogP contribution in [0.25, 0.3) is 0 Å². The molecule has 0 spiro atoms. The lowest BCUT2D eigenvalue weighted by Gasteiger charge is -2.31. The van der Waals surface area contributed by atoms with Gasteiger partial charge < -0.3 is 5.32 Å². The zero-order chi connectivity index (χ0) is 24.0. The van der Waals surface area contributed by atoms with Crippen LogP contribution in [0.2, 0.25) is 5.02 Å². The molecule has 0 saturated heterocycles. The molecule has 1 aliphatic heterocycles. The topological polar surface area (TPSA) is 94.3 Å². The minimum absolute atomic E-state index is 0.140. The van der Waals surface area contributed by atoms with Gasteiger partial charge in [0.15, 0.2) is 17.3 Å². The van der Waals surface area contributed by atoms with Crippen LogP contribution in [0.1, 0.15) is 52.6 Å². The molecule has 1 heterocycles. The minimum Gasteiger partial charge on any atom is -0.364 e. The lowest BCUT2D eigenvalue weighted by molar-refractivity contribution is -0.355. The number of carbonyl (C=O) groups excluding carboxylic acids is 4. The van der Waals surface area contributed by atoms with Crippen LogP contribution < -0.4 is 10.3 Å². The SMILES string of the molecule is O=C1C2=C(C(=O)c3ccccc31)C1Nc3cc(Cl)c4c(c3[NH+]=C1C=C2)C(=O)c1ccccc1C4=O. The summed E-state index contributed by atoms with van der Waals surface area (Å²) in [5, 5.41) is 3.44. The number of hydrogen-bond acceptors (Lipinski definition) is 5. The first-order chi connectivity index (χ1) is 17.0. The van der Waals surface area contributed by atoms with Gasteiger partial charge in [0.1, 0.15) is 17.3 Å². The number of rotatable bonds is 0. The van der Waals surface area contributed by atoms with Crippen molar-refractivity contribution in [1.29, 1.82) is 0 Å². The minimum atomic E-state index is -0.636. The Hall–Kier alpha value is -4.42. The van der Waals surface area contributed by atoms with Gasteiger partial charge in [0.2, 0.25) is 17.2 Å². The second-order valence-corrected chi connectivity index (χ2v) is 9.16. The fraction of sp³-hybridized carbons (Fsp3) is 0.0357. The third-order valence-corrected chi connectivity index (χ3v) is 7.24. The second kappa shape index (κ2) is 6.81. The van der Waals surface area contributed by atoms with E-state index >= 15 is 0 Å². The summed E-state index contributed by atoms with van der Waals surface area (Å²) >= 11 is 6.54. The van der Waals surface area contributed by atoms with E-state index < -0.39 is 6.04 Å². The molecule has 0 saturated carbocycles. The van der Waals surface area contributed by atoms with Crippen LogP contribution in [0.5, 0.6) is 0 Å². The van der Waals surface area contributed by atoms with Gasteiger partial charge in [-0.15, -0.1) is 0 Å². The van der Waals surface area contributed by atoms with Gasteiger partial charge in [0, 0.05) is 39.5 Å². The molecule has 166 valence electrons. The lowest BCUT2D eigenvalue weighted by Crippen LogP contribution is -2.74. The zero-order valence-corrected chi connectivity index (χ0v) is 18.7. The molecule has 2 N–H and O–H groups in total. The van der Waals surface area contributed by atoms with Gasteiger partial charge in [-0.2, -0.15) is 0 Å². The molecule has 3 aromatic carbocycles. The van der Waals surface area contributed by atoms with Crippen molar-refractivity contribution in [2.45, 2.75) is 6.04 Å². The van der Waals surface area contributed by atoms with E-state index in [9.17, 15) is 19.2 Å². The summed E-state index contributed by atoms with van der Waals surface area (Å²) < 4.78 is 0. The maximum atomic E-state index is 13.5. The monoisotopic (exact) mass is 477 g/mol. The van der Waals surface area contributed by atoms with E-state index in [4.69, 9.17) is 11.6 Å². The molecular weight excluding hydrogens is 464 g/mol. The van der Waals surface area contributed by atoms with E-state index in [1.807, 2.05) is 0 Å². The highest BCUT2D eigenvalue weighted by Gasteiger charge is 2.45. The van der Waals surface area contributed by atoms with Gasteiger partial charge in [0.25, 0.3) is 0 Å². The highest BCUT2D eigenvalue weighted by molar-refractivity contribution is 6.40. The number of ketones is 4. The molecule has 7 rings (SSSR count). The van der Waals surface area contributed by atoms with Crippen molar-refractivity contribution < 1.29 is 24.2 Å². The number of anilines is 1. The first-order valence-electron chi connectivity index (χ1n) is 11.0. The van der Waals surface area contributed by atoms with Crippen molar-refractivity contribution in [3.05, 3.63) is 116 Å². The Morgan fingerprint density at radius 1 is 0.714 bits per heavy atom. The van der Waals surface area contributed by atoms with Crippen molar-refractivity contribution in [3.8, 4) is 0 Å². The van der Waals surface area contributed by atoms with Crippen molar-refractivity contribution in [2.75, 3.05) is 5.32 Å². The van der Waals surface area contributed by atoms with Gasteiger partial charge in [-0.1, -0.05) is 60.1 Å². The molecule has 35 heavy (non-hydrogen) atoms. The normalized spacial score (nSPS) is 19.1. The van der Waals surface area contributed by atoms with Gasteiger partial charge in [-0.05, 0) is 12.1 Å². The van der Waals surface area contributed by atoms with Gasteiger partial charge >= 0.3 is 0 Å². The fourth-order valence-electron chi connectivity index (χ4n) is 5.35. The molecule has 1 unspecified atom stereocenters. The average molecular weight is 478 g/mol. The molecule has 0 aromatic heterocycles. The standard InChI is InChI=1S/C28H13ClN2O4/c29-17-11-19-24(22-21(17)27(34)14-7-3-4-8-15(14)28(22)35)30-18-10-9-16-20(23(18)31-19)26(33)13-6-2-1-5-12(13)25(16)32/h1-11,23,31H/p+1. The summed E-state index contributed by atoms with van der Waals surface area (Å²) in [7, 11) is 0. The zero-order valence-electron chi connectivity index (χ0n) is 17.9. The van der Waals surface area contributed by atoms with Crippen LogP contribution in [-0.4, -0.2) is 34.9 Å². The van der Waals surface area contributed by atoms with E-state index in [0.29, 0.717) is 50.5 Å². The van der Waals surface area contributed by atoms with E-state index in [-0.39, 0.29) is 39.3 Å². The smallest absolute Gasteiger partial charge is 0.239 e. The summed E-state index contributed by atoms with van der Waals surface area (Å²) in [6.07, 6.45) is 3.35. The van der Waals surface area contributed by atoms with Crippen LogP contribution >= 0.6 is 11.6 Å². The third kappa shape index (κ3) is 2.52. The Labute approximate surface area is 203 Å². The Morgan fingerprint density at radius 3 is 1.94 bits per heavy atom. The largest absolute Gasteiger partial charge is 0.364 e. The second-order valence-electron chi connectivity index (χ2n) is 8.76. The number of Topliss-reactive ketones (excluding diaryl/α,β-unsaturated/α-hetero) is 2. The maximum absolute atomic E-state index is 13.5. The van der Waals surface area contributed by atoms with Crippen LogP contribution in [-0.2, 0) is 0 Å². The van der Waals surface area contributed by atoms with Crippen molar-refractivity contribution in [2.24, 2.45) is 0 Å². The highest BCUT2D eigenvalue weighted by Crippen LogP contribution is 2.41. The van der Waals surface area contributed by atoms with Crippen LogP contribution in [0.15, 0.2) is 77.9 Å². The highest BCUT2D eigenvalue weighted by atomic mass is 35.5. The predicted molar refractivity (Wildman–Crippen MR) is 129 cm³/mol. The van der Waals surface area contributed by atoms with Crippen LogP contribution in [0.4, 0.5) is 11.4 Å². The quantitative estimate of drug-likeness (QED) is 0.406. The molecule has 7 heteroatoms. The van der Waals surface area contributed by atoms with Gasteiger partial charge in [-0.3, -0.25) is 19.2 Å². The van der Waals surface area contributed by atoms with Crippen molar-refractivity contribution >= 4 is 51.8 Å². The maximum Gasteiger partial charge on any atom is 0.239 e. The molecular formula is C28H14ClN2O4+. The number of fused-ring (bicyclic) bond motifs is 7. The average Bonchev–Trinajstić information content (AvgIpc) is 2.88. The van der Waals surface area contributed by atoms with Crippen LogP contribution in [0.3, 0.4) is 0 Å². The number of allylic oxidation sites excluding steroid dienone is 2. The Morgan fingerprint density at radius 2 is 1.29 bits per heavy atom. The summed E-state index contributed by atoms with van der Waals surface area (Å²) in [5.41, 5.74) is 3.90. The Bertz CT molecular complexity index is 1710. The Kier molecular flexibility index (Phi) is 3.89. The van der Waals surface area contributed by atoms with Crippen LogP contribution in [0, 0.1) is 0 Å². The lowest BCUT2D eigenvalue weighted by atomic mass is 9.76. The first-order valence-corrected chi connectivity index (χ1v) is 11.4.